The SMILES string of the molecule is Brc1cc2c3ccccc3sc2c2ccccc12.CC1(C)OB(c2ccc(-c3ccc4c5ccccc5c5ccccc5c4c3)cc2)OC1(C)C.[2H]CF.[B]=NS.c1ccc2c(c1)ccc1c3ccccc3sc21.c1ccc2c(c1)sc1c3ccccc3c(-c3ccc(-c4ccc5c6ccccc6c6ccccc6c5c4)cc3)cc21. The van der Waals surface area contributed by atoms with Crippen LogP contribution >= 0.6 is 62.8 Å². The summed E-state index contributed by atoms with van der Waals surface area (Å²) in [4.78, 5) is 0. The van der Waals surface area contributed by atoms with Crippen LogP contribution < -0.4 is 5.46 Å². The summed E-state index contributed by atoms with van der Waals surface area (Å²) in [6.07, 6.45) is 0. The van der Waals surface area contributed by atoms with Gasteiger partial charge in [0, 0.05) is 75.8 Å². The molecule has 547 valence electrons. The Bertz CT molecular complexity index is 7420. The second kappa shape index (κ2) is 31.3. The van der Waals surface area contributed by atoms with Crippen molar-refractivity contribution >= 4 is 240 Å². The minimum Gasteiger partial charge on any atom is -0.135 e. The van der Waals surface area contributed by atoms with Gasteiger partial charge in [0.05, 0.1) is 19.7 Å². The first-order valence-electron chi connectivity index (χ1n) is 38.7. The predicted octanol–water partition coefficient (Wildman–Crippen LogP) is 31.1. The molecule has 0 aliphatic carbocycles. The van der Waals surface area contributed by atoms with Crippen LogP contribution in [0.15, 0.2) is 361 Å². The summed E-state index contributed by atoms with van der Waals surface area (Å²) in [5.41, 5.74) is 7.80. The topological polar surface area (TPSA) is 30.8 Å². The summed E-state index contributed by atoms with van der Waals surface area (Å²) < 4.78 is 40.0. The molecule has 0 saturated carbocycles. The van der Waals surface area contributed by atoms with E-state index in [2.05, 4.69) is 420 Å². The third-order valence-electron chi connectivity index (χ3n) is 22.8. The number of nitrogens with zero attached hydrogens (tertiary/aromatic N) is 1. The van der Waals surface area contributed by atoms with Crippen LogP contribution in [-0.2, 0) is 9.31 Å². The molecule has 3 nitrogen and oxygen atoms in total. The number of alkyl halides is 1. The van der Waals surface area contributed by atoms with Crippen molar-refractivity contribution in [3.8, 4) is 33.4 Å². The minimum absolute atomic E-state index is 0.335. The summed E-state index contributed by atoms with van der Waals surface area (Å²) >= 11 is 12.6. The maximum Gasteiger partial charge on any atom is 0.0434 e. The van der Waals surface area contributed by atoms with Crippen molar-refractivity contribution < 1.29 is 15.1 Å². The molecule has 0 bridgehead atoms. The zero-order valence-corrected chi connectivity index (χ0v) is 68.0. The number of fused-ring (bicyclic) bond motifs is 27. The summed E-state index contributed by atoms with van der Waals surface area (Å²) in [5.74, 6) is 0. The largest absolute Gasteiger partial charge is 0.135 e. The van der Waals surface area contributed by atoms with Gasteiger partial charge < -0.3 is 9.31 Å². The standard InChI is InChI=1S/C40H24S.C30H27BO2.C16H9BrS.C16H10S.CH3F.BHNS/c1-2-11-30-28(9-1)29-10-3-4-12-31(29)37-23-27(21-22-33(30)37)25-17-19-26(20-18-25)36-24-38-34-14-7-8-16-39(34)41-40(38)35-15-6-5-13-32(35)36;1-29(2)30(3,4)33-31(32-29)22-16-13-20(14-17-22)21-15-18-27-25-11-6-5-9-23(25)24-10-7-8-12-26(24)28(27)19-21;17-14-9-13-11-6-3-4-8-15(11)18-16(13)12-7-2-1-5-10(12)14;1-2-6-12-11(5-1)9-10-14-13-7-3-4-8-15(13)17-16(12)14;1-2;1-2-3/h1-24H;5-19H,1-4H3;1-9H;1-10H;1H3;3H/i;;;;1D;. The quantitative estimate of drug-likeness (QED) is 0.108. The number of thiophene rings is 3. The van der Waals surface area contributed by atoms with Crippen LogP contribution in [-0.4, -0.2) is 33.1 Å². The molecule has 1 fully saturated rings. The molecule has 0 amide bonds. The molecule has 0 atom stereocenters. The maximum absolute atomic E-state index is 9.96. The van der Waals surface area contributed by atoms with Crippen LogP contribution in [0.3, 0.4) is 0 Å². The van der Waals surface area contributed by atoms with Gasteiger partial charge in [0.25, 0.3) is 0 Å². The van der Waals surface area contributed by atoms with E-state index in [0.29, 0.717) is 0 Å². The molecule has 114 heavy (non-hydrogen) atoms. The van der Waals surface area contributed by atoms with E-state index < -0.39 is 7.15 Å². The first-order chi connectivity index (χ1) is 56.3. The van der Waals surface area contributed by atoms with E-state index in [-0.39, 0.29) is 18.3 Å². The fourth-order valence-corrected chi connectivity index (χ4v) is 20.8. The number of thiol groups is 1. The fraction of sp³-hybridized carbons (Fsp3) is 0.0680. The Labute approximate surface area is 689 Å². The Kier molecular flexibility index (Phi) is 20.0. The molecule has 3 aromatic heterocycles. The third-order valence-corrected chi connectivity index (χ3v) is 27.1. The van der Waals surface area contributed by atoms with Crippen molar-refractivity contribution in [3.63, 3.8) is 0 Å². The van der Waals surface area contributed by atoms with Crippen molar-refractivity contribution in [3.05, 3.63) is 356 Å². The number of benzene rings is 19. The second-order valence-corrected chi connectivity index (χ2v) is 33.9. The molecule has 4 heterocycles. The number of rotatable bonds is 4. The Morgan fingerprint density at radius 2 is 0.596 bits per heavy atom. The van der Waals surface area contributed by atoms with Gasteiger partial charge in [0.15, 0.2) is 0 Å². The number of hydrogen-bond acceptors (Lipinski definition) is 7. The molecule has 0 spiro atoms. The van der Waals surface area contributed by atoms with Crippen LogP contribution in [0.4, 0.5) is 4.39 Å². The normalized spacial score (nSPS) is 13.1. The molecule has 19 aromatic carbocycles. The molecule has 22 aromatic rings. The maximum atomic E-state index is 9.96. The Balaban J connectivity index is 0.000000110. The van der Waals surface area contributed by atoms with E-state index in [1.54, 1.807) is 0 Å². The van der Waals surface area contributed by atoms with Crippen LogP contribution in [0.25, 0.3) is 191 Å². The molecular formula is C103H74B2BrFNO2S4. The average molecular weight is 1610 g/mol. The zero-order chi connectivity index (χ0) is 78.5. The van der Waals surface area contributed by atoms with Gasteiger partial charge in [-0.1, -0.05) is 325 Å². The molecule has 0 N–H and O–H groups in total. The van der Waals surface area contributed by atoms with Crippen molar-refractivity contribution in [1.82, 2.24) is 0 Å². The number of halogens is 2. The van der Waals surface area contributed by atoms with E-state index >= 15 is 0 Å². The smallest absolute Gasteiger partial charge is 0.0434 e. The van der Waals surface area contributed by atoms with Gasteiger partial charge in [-0.15, -0.1) is 34.0 Å². The molecule has 11 heteroatoms. The summed E-state index contributed by atoms with van der Waals surface area (Å²) in [5, 5.41) is 31.7. The molecule has 1 aliphatic rings. The van der Waals surface area contributed by atoms with E-state index in [4.69, 9.17) is 10.7 Å². The van der Waals surface area contributed by atoms with Gasteiger partial charge >= 0.3 is 31.9 Å². The molecule has 1 saturated heterocycles. The van der Waals surface area contributed by atoms with Gasteiger partial charge in [-0.2, -0.15) is 0 Å². The number of hydrogen-bond donors (Lipinski definition) is 1. The predicted molar refractivity (Wildman–Crippen MR) is 506 cm³/mol. The van der Waals surface area contributed by atoms with Crippen LogP contribution in [0.1, 0.15) is 29.1 Å². The molecular weight excluding hydrogens is 1530 g/mol. The van der Waals surface area contributed by atoms with Crippen LogP contribution in [0.2, 0.25) is 0 Å². The summed E-state index contributed by atoms with van der Waals surface area (Å²) in [7, 11) is 3.00. The molecule has 1 radical (unpaired) electrons. The Morgan fingerprint density at radius 3 is 1.04 bits per heavy atom. The molecule has 23 rings (SSSR count). The van der Waals surface area contributed by atoms with Crippen LogP contribution in [0.5, 0.6) is 0 Å². The van der Waals surface area contributed by atoms with Crippen molar-refractivity contribution in [2.45, 2.75) is 38.9 Å². The molecule has 0 unspecified atom stereocenters. The van der Waals surface area contributed by atoms with E-state index in [1.165, 1.54) is 195 Å². The van der Waals surface area contributed by atoms with Gasteiger partial charge in [-0.25, -0.2) is 0 Å². The van der Waals surface area contributed by atoms with E-state index in [9.17, 15) is 4.39 Å². The fourth-order valence-electron chi connectivity index (χ4n) is 16.6. The van der Waals surface area contributed by atoms with Crippen molar-refractivity contribution in [2.24, 2.45) is 4.30 Å². The Morgan fingerprint density at radius 1 is 0.316 bits per heavy atom. The second-order valence-electron chi connectivity index (χ2n) is 29.7. The summed E-state index contributed by atoms with van der Waals surface area (Å²) in [6, 6.07) is 128. The van der Waals surface area contributed by atoms with Gasteiger partial charge in [0.1, 0.15) is 0 Å². The van der Waals surface area contributed by atoms with Crippen molar-refractivity contribution in [2.75, 3.05) is 7.15 Å². The zero-order valence-electron chi connectivity index (χ0n) is 64.0. The summed E-state index contributed by atoms with van der Waals surface area (Å²) in [6.45, 7) is 8.35. The third kappa shape index (κ3) is 13.5. The molecule has 1 aliphatic heterocycles. The van der Waals surface area contributed by atoms with Crippen LogP contribution in [0, 0.1) is 0 Å². The van der Waals surface area contributed by atoms with Crippen molar-refractivity contribution in [1.29, 1.82) is 0 Å². The van der Waals surface area contributed by atoms with Gasteiger partial charge in [-0.3, -0.25) is 4.39 Å². The minimum atomic E-state index is -1.00. The first-order valence-corrected chi connectivity index (χ1v) is 41.7. The van der Waals surface area contributed by atoms with Gasteiger partial charge in [-0.05, 0) is 195 Å². The Hall–Kier alpha value is -11.2. The average Bonchev–Trinajstić information content (AvgIpc) is 1.69. The van der Waals surface area contributed by atoms with E-state index in [0.717, 1.165) is 5.46 Å². The monoisotopic (exact) mass is 1610 g/mol. The van der Waals surface area contributed by atoms with E-state index in [1.807, 2.05) is 34.0 Å². The van der Waals surface area contributed by atoms with Gasteiger partial charge in [0.2, 0.25) is 0 Å². The first kappa shape index (κ1) is 73.0.